The summed E-state index contributed by atoms with van der Waals surface area (Å²) in [6.07, 6.45) is 5.75. The van der Waals surface area contributed by atoms with Gasteiger partial charge in [0.1, 0.15) is 6.04 Å². The first-order valence-electron chi connectivity index (χ1n) is 5.76. The molecule has 1 aliphatic rings. The van der Waals surface area contributed by atoms with Crippen molar-refractivity contribution in [1.82, 2.24) is 15.1 Å². The highest BCUT2D eigenvalue weighted by Gasteiger charge is 2.19. The van der Waals surface area contributed by atoms with E-state index in [1.54, 1.807) is 17.1 Å². The highest BCUT2D eigenvalue weighted by molar-refractivity contribution is 9.10. The number of halogens is 1. The van der Waals surface area contributed by atoms with Gasteiger partial charge in [0.05, 0.1) is 16.8 Å². The maximum atomic E-state index is 11.9. The SMILES string of the molecule is C[C@@H](C(=O)NC[C@H]1CCCO1)n1cc(Br)cn1. The Bertz CT molecular complexity index is 388. The van der Waals surface area contributed by atoms with E-state index in [2.05, 4.69) is 26.3 Å². The Kier molecular flexibility index (Phi) is 4.17. The van der Waals surface area contributed by atoms with E-state index in [1.807, 2.05) is 6.92 Å². The molecule has 2 heterocycles. The van der Waals surface area contributed by atoms with Gasteiger partial charge in [-0.2, -0.15) is 5.10 Å². The second-order valence-electron chi connectivity index (χ2n) is 4.19. The minimum Gasteiger partial charge on any atom is -0.376 e. The van der Waals surface area contributed by atoms with Crippen molar-refractivity contribution in [3.8, 4) is 0 Å². The summed E-state index contributed by atoms with van der Waals surface area (Å²) in [4.78, 5) is 11.9. The first-order chi connectivity index (χ1) is 8.16. The van der Waals surface area contributed by atoms with E-state index >= 15 is 0 Å². The van der Waals surface area contributed by atoms with Gasteiger partial charge in [0.25, 0.3) is 0 Å². The molecule has 5 nitrogen and oxygen atoms in total. The molecule has 1 amide bonds. The lowest BCUT2D eigenvalue weighted by Gasteiger charge is -2.15. The average Bonchev–Trinajstić information content (AvgIpc) is 2.95. The number of carbonyl (C=O) groups is 1. The lowest BCUT2D eigenvalue weighted by molar-refractivity contribution is -0.124. The van der Waals surface area contributed by atoms with Crippen molar-refractivity contribution in [3.05, 3.63) is 16.9 Å². The number of carbonyl (C=O) groups excluding carboxylic acids is 1. The van der Waals surface area contributed by atoms with Gasteiger partial charge in [-0.3, -0.25) is 9.48 Å². The van der Waals surface area contributed by atoms with E-state index in [0.717, 1.165) is 23.9 Å². The molecule has 1 fully saturated rings. The lowest BCUT2D eigenvalue weighted by atomic mass is 10.2. The molecule has 0 spiro atoms. The van der Waals surface area contributed by atoms with E-state index in [-0.39, 0.29) is 18.1 Å². The topological polar surface area (TPSA) is 56.1 Å². The van der Waals surface area contributed by atoms with Crippen LogP contribution in [0.25, 0.3) is 0 Å². The Balaban J connectivity index is 1.82. The Hall–Kier alpha value is -0.880. The van der Waals surface area contributed by atoms with Crippen LogP contribution in [0.4, 0.5) is 0 Å². The predicted octanol–water partition coefficient (Wildman–Crippen LogP) is 1.50. The third-order valence-corrected chi connectivity index (χ3v) is 3.28. The Morgan fingerprint density at radius 2 is 2.65 bits per heavy atom. The molecule has 1 aromatic heterocycles. The summed E-state index contributed by atoms with van der Waals surface area (Å²) in [6.45, 7) is 3.22. The van der Waals surface area contributed by atoms with Crippen LogP contribution in [0.3, 0.4) is 0 Å². The molecular formula is C11H16BrN3O2. The molecule has 0 unspecified atom stereocenters. The summed E-state index contributed by atoms with van der Waals surface area (Å²) in [5.74, 6) is -0.0314. The molecule has 0 aliphatic carbocycles. The number of rotatable bonds is 4. The first-order valence-corrected chi connectivity index (χ1v) is 6.55. The zero-order valence-electron chi connectivity index (χ0n) is 9.73. The van der Waals surface area contributed by atoms with E-state index < -0.39 is 0 Å². The van der Waals surface area contributed by atoms with E-state index in [4.69, 9.17) is 4.74 Å². The van der Waals surface area contributed by atoms with Crippen molar-refractivity contribution in [2.75, 3.05) is 13.2 Å². The molecule has 6 heteroatoms. The monoisotopic (exact) mass is 301 g/mol. The molecule has 1 N–H and O–H groups in total. The zero-order valence-corrected chi connectivity index (χ0v) is 11.3. The molecule has 1 saturated heterocycles. The number of nitrogens with zero attached hydrogens (tertiary/aromatic N) is 2. The number of nitrogens with one attached hydrogen (secondary N) is 1. The van der Waals surface area contributed by atoms with Gasteiger partial charge in [-0.05, 0) is 35.7 Å². The lowest BCUT2D eigenvalue weighted by Crippen LogP contribution is -2.36. The van der Waals surface area contributed by atoms with E-state index in [9.17, 15) is 4.79 Å². The molecule has 94 valence electrons. The molecule has 0 bridgehead atoms. The minimum atomic E-state index is -0.303. The summed E-state index contributed by atoms with van der Waals surface area (Å²) in [5.41, 5.74) is 0. The Morgan fingerprint density at radius 1 is 1.82 bits per heavy atom. The van der Waals surface area contributed by atoms with Crippen LogP contribution in [0, 0.1) is 0 Å². The Morgan fingerprint density at radius 3 is 3.24 bits per heavy atom. The van der Waals surface area contributed by atoms with Crippen LogP contribution in [-0.4, -0.2) is 34.9 Å². The zero-order chi connectivity index (χ0) is 12.3. The minimum absolute atomic E-state index is 0.0314. The Labute approximate surface area is 109 Å². The largest absolute Gasteiger partial charge is 0.376 e. The summed E-state index contributed by atoms with van der Waals surface area (Å²) < 4.78 is 7.95. The van der Waals surface area contributed by atoms with Crippen molar-refractivity contribution in [1.29, 1.82) is 0 Å². The number of aromatic nitrogens is 2. The molecule has 0 saturated carbocycles. The van der Waals surface area contributed by atoms with Crippen LogP contribution >= 0.6 is 15.9 Å². The highest BCUT2D eigenvalue weighted by atomic mass is 79.9. The standard InChI is InChI=1S/C11H16BrN3O2/c1-8(15-7-9(12)5-14-15)11(16)13-6-10-3-2-4-17-10/h5,7-8,10H,2-4,6H2,1H3,(H,13,16)/t8-,10+/m0/s1. The second kappa shape index (κ2) is 5.64. The molecule has 0 aromatic carbocycles. The smallest absolute Gasteiger partial charge is 0.244 e. The van der Waals surface area contributed by atoms with Crippen molar-refractivity contribution in [2.45, 2.75) is 31.9 Å². The van der Waals surface area contributed by atoms with E-state index in [1.165, 1.54) is 0 Å². The number of ether oxygens (including phenoxy) is 1. The van der Waals surface area contributed by atoms with Crippen LogP contribution in [0.2, 0.25) is 0 Å². The molecule has 2 rings (SSSR count). The molecule has 0 radical (unpaired) electrons. The molecule has 17 heavy (non-hydrogen) atoms. The summed E-state index contributed by atoms with van der Waals surface area (Å²) in [7, 11) is 0. The van der Waals surface area contributed by atoms with Gasteiger partial charge >= 0.3 is 0 Å². The number of amides is 1. The van der Waals surface area contributed by atoms with Gasteiger partial charge in [0.15, 0.2) is 0 Å². The van der Waals surface area contributed by atoms with Gasteiger partial charge in [-0.15, -0.1) is 0 Å². The van der Waals surface area contributed by atoms with Crippen LogP contribution in [0.5, 0.6) is 0 Å². The fourth-order valence-corrected chi connectivity index (χ4v) is 2.12. The fourth-order valence-electron chi connectivity index (χ4n) is 1.81. The van der Waals surface area contributed by atoms with Crippen molar-refractivity contribution >= 4 is 21.8 Å². The van der Waals surface area contributed by atoms with E-state index in [0.29, 0.717) is 6.54 Å². The van der Waals surface area contributed by atoms with Gasteiger partial charge in [0.2, 0.25) is 5.91 Å². The molecule has 1 aliphatic heterocycles. The van der Waals surface area contributed by atoms with Crippen LogP contribution in [0.1, 0.15) is 25.8 Å². The summed E-state index contributed by atoms with van der Waals surface area (Å²) in [5, 5.41) is 6.99. The quantitative estimate of drug-likeness (QED) is 0.917. The normalized spacial score (nSPS) is 21.4. The van der Waals surface area contributed by atoms with Crippen molar-refractivity contribution < 1.29 is 9.53 Å². The fraction of sp³-hybridized carbons (Fsp3) is 0.636. The van der Waals surface area contributed by atoms with Crippen LogP contribution < -0.4 is 5.32 Å². The highest BCUT2D eigenvalue weighted by Crippen LogP contribution is 2.13. The first kappa shape index (κ1) is 12.6. The van der Waals surface area contributed by atoms with Crippen LogP contribution in [0.15, 0.2) is 16.9 Å². The van der Waals surface area contributed by atoms with Crippen LogP contribution in [-0.2, 0) is 9.53 Å². The molecular weight excluding hydrogens is 286 g/mol. The third-order valence-electron chi connectivity index (χ3n) is 2.87. The molecule has 1 aromatic rings. The third kappa shape index (κ3) is 3.29. The number of hydrogen-bond donors (Lipinski definition) is 1. The average molecular weight is 302 g/mol. The van der Waals surface area contributed by atoms with Crippen molar-refractivity contribution in [2.24, 2.45) is 0 Å². The van der Waals surface area contributed by atoms with Gasteiger partial charge < -0.3 is 10.1 Å². The van der Waals surface area contributed by atoms with Gasteiger partial charge in [0, 0.05) is 19.3 Å². The second-order valence-corrected chi connectivity index (χ2v) is 5.11. The maximum absolute atomic E-state index is 11.9. The molecule has 2 atom stereocenters. The van der Waals surface area contributed by atoms with Gasteiger partial charge in [-0.25, -0.2) is 0 Å². The number of hydrogen-bond acceptors (Lipinski definition) is 3. The predicted molar refractivity (Wildman–Crippen MR) is 66.6 cm³/mol. The summed E-state index contributed by atoms with van der Waals surface area (Å²) in [6, 6.07) is -0.303. The summed E-state index contributed by atoms with van der Waals surface area (Å²) >= 11 is 3.31. The maximum Gasteiger partial charge on any atom is 0.244 e. The van der Waals surface area contributed by atoms with Gasteiger partial charge in [-0.1, -0.05) is 0 Å². The van der Waals surface area contributed by atoms with Crippen molar-refractivity contribution in [3.63, 3.8) is 0 Å².